The third-order valence-corrected chi connectivity index (χ3v) is 27.9. The van der Waals surface area contributed by atoms with Gasteiger partial charge in [-0.15, -0.1) is 12.6 Å². The first-order valence-corrected chi connectivity index (χ1v) is 49.7. The number of aliphatic hydroxyl groups excluding tert-OH is 1. The van der Waals surface area contributed by atoms with Crippen LogP contribution in [0, 0.1) is 0 Å². The van der Waals surface area contributed by atoms with Crippen LogP contribution in [0.2, 0.25) is 5.31 Å². The zero-order valence-corrected chi connectivity index (χ0v) is 83.9. The topological polar surface area (TPSA) is 290 Å². The summed E-state index contributed by atoms with van der Waals surface area (Å²) in [5.41, 5.74) is 6.24. The lowest BCUT2D eigenvalue weighted by atomic mass is 9.25. The Morgan fingerprint density at radius 2 is 0.805 bits per heavy atom. The van der Waals surface area contributed by atoms with Crippen molar-refractivity contribution in [3.8, 4) is 46.0 Å². The number of nitrogens with one attached hydrogen (secondary N) is 1. The molecular formula is C104H131B2Br4N6O17. The fraction of sp³-hybridized carbons (Fsp3) is 0.433. The number of hydrogen-bond donors (Lipinski definition) is 7. The second-order valence-corrected chi connectivity index (χ2v) is 37.6. The van der Waals surface area contributed by atoms with Gasteiger partial charge in [-0.3, -0.25) is 19.2 Å². The van der Waals surface area contributed by atoms with Gasteiger partial charge in [-0.05, 0) is 339 Å². The highest BCUT2D eigenvalue weighted by Crippen LogP contribution is 2.46. The number of aromatic hydroxyl groups is 5. The van der Waals surface area contributed by atoms with Crippen LogP contribution in [0.3, 0.4) is 0 Å². The molecule has 133 heavy (non-hydrogen) atoms. The number of amides is 4. The van der Waals surface area contributed by atoms with Gasteiger partial charge in [0.25, 0.3) is 30.4 Å². The Hall–Kier alpha value is -9.58. The van der Waals surface area contributed by atoms with E-state index >= 15 is 0 Å². The number of ether oxygens (including phenoxy) is 5. The molecule has 7 saturated heterocycles. The Kier molecular flexibility index (Phi) is 45.1. The molecule has 0 aliphatic carbocycles. The van der Waals surface area contributed by atoms with Crippen LogP contribution >= 0.6 is 63.7 Å². The Morgan fingerprint density at radius 1 is 0.459 bits per heavy atom. The highest BCUT2D eigenvalue weighted by molar-refractivity contribution is 9.11. The summed E-state index contributed by atoms with van der Waals surface area (Å²) in [4.78, 5) is 73.8. The van der Waals surface area contributed by atoms with E-state index in [0.29, 0.717) is 104 Å². The monoisotopic (exact) mass is 2070 g/mol. The van der Waals surface area contributed by atoms with E-state index < -0.39 is 0 Å². The number of phenolic OH excluding ortho intramolecular Hbond substituents is 5. The number of hydrogen-bond acceptors (Lipinski definition) is 19. The molecule has 7 heterocycles. The van der Waals surface area contributed by atoms with Gasteiger partial charge in [0.05, 0.1) is 56.5 Å². The van der Waals surface area contributed by atoms with Crippen LogP contribution in [0.5, 0.6) is 46.0 Å². The molecule has 0 saturated carbocycles. The SMILES string of the molecule is C1CCNC1.C=CB1[B]C(C)(C)C(C)(C)O1.CCO/C=C/c1ccccc1C(=O)N1CCCC[C@H]1CO.CCO/C=C/c1ccccc1C(=O)N1CCCC[C@H]1COc1cccc(O)c1Br.O=C(c1ccccc1CCN1CCCC1)N1CCCC[C@H]1COc1cccc(O)c1Br.O=CCc1ccccc1C(=O)N1CCCC[C@H]1COc1cccc(O)c1Br.Oc1cccc(O)c1Br. The van der Waals surface area contributed by atoms with Gasteiger partial charge < -0.3 is 93.6 Å². The predicted molar refractivity (Wildman–Crippen MR) is 542 cm³/mol. The number of aldehydes is 1. The molecule has 8 aromatic rings. The van der Waals surface area contributed by atoms with Crippen LogP contribution in [0.1, 0.15) is 208 Å². The predicted octanol–water partition coefficient (Wildman–Crippen LogP) is 20.9. The summed E-state index contributed by atoms with van der Waals surface area (Å²) in [5, 5.41) is 60.1. The van der Waals surface area contributed by atoms with Crippen LogP contribution in [0.25, 0.3) is 12.2 Å². The molecule has 7 aliphatic heterocycles. The Bertz CT molecular complexity index is 5030. The third kappa shape index (κ3) is 32.3. The second-order valence-electron chi connectivity index (χ2n) is 34.4. The number of benzene rings is 8. The van der Waals surface area contributed by atoms with Crippen molar-refractivity contribution in [1.29, 1.82) is 0 Å². The van der Waals surface area contributed by atoms with E-state index in [9.17, 15) is 44.4 Å². The van der Waals surface area contributed by atoms with Gasteiger partial charge in [-0.25, -0.2) is 0 Å². The number of carbonyl (C=O) groups excluding carboxylic acids is 5. The van der Waals surface area contributed by atoms with Crippen molar-refractivity contribution in [1.82, 2.24) is 29.8 Å². The smallest absolute Gasteiger partial charge is 0.272 e. The summed E-state index contributed by atoms with van der Waals surface area (Å²) in [5.74, 6) is 4.12. The normalized spacial score (nSPS) is 18.3. The van der Waals surface area contributed by atoms with Crippen molar-refractivity contribution < 1.29 is 83.0 Å². The number of nitrogens with zero attached hydrogens (tertiary/aromatic N) is 5. The minimum absolute atomic E-state index is 0.00465. The molecule has 7 fully saturated rings. The van der Waals surface area contributed by atoms with Crippen molar-refractivity contribution in [3.05, 3.63) is 257 Å². The van der Waals surface area contributed by atoms with Crippen molar-refractivity contribution in [2.24, 2.45) is 0 Å². The maximum absolute atomic E-state index is 13.6. The summed E-state index contributed by atoms with van der Waals surface area (Å²) in [6, 6.07) is 50.3. The number of rotatable bonds is 26. The summed E-state index contributed by atoms with van der Waals surface area (Å²) in [6.07, 6.45) is 26.0. The largest absolute Gasteiger partial charge is 0.507 e. The maximum atomic E-state index is 13.6. The molecule has 4 atom stereocenters. The molecule has 15 rings (SSSR count). The number of likely N-dealkylation sites (tertiary alicyclic amines) is 5. The highest BCUT2D eigenvalue weighted by atomic mass is 79.9. The molecule has 7 N–H and O–H groups in total. The lowest BCUT2D eigenvalue weighted by Gasteiger charge is -2.36. The summed E-state index contributed by atoms with van der Waals surface area (Å²) in [7, 11) is 2.21. The quantitative estimate of drug-likeness (QED) is 0.0151. The van der Waals surface area contributed by atoms with Crippen LogP contribution < -0.4 is 19.5 Å². The minimum atomic E-state index is -0.0636. The highest BCUT2D eigenvalue weighted by Gasteiger charge is 2.48. The van der Waals surface area contributed by atoms with Gasteiger partial charge in [0.15, 0.2) is 0 Å². The van der Waals surface area contributed by atoms with Gasteiger partial charge in [-0.2, -0.15) is 0 Å². The average molecular weight is 2080 g/mol. The van der Waals surface area contributed by atoms with Crippen LogP contribution in [-0.4, -0.2) is 227 Å². The van der Waals surface area contributed by atoms with E-state index in [1.807, 2.05) is 138 Å². The molecule has 0 bridgehead atoms. The summed E-state index contributed by atoms with van der Waals surface area (Å²) < 4.78 is 36.0. The van der Waals surface area contributed by atoms with E-state index in [1.165, 1.54) is 64.0 Å². The Labute approximate surface area is 820 Å². The van der Waals surface area contributed by atoms with Gasteiger partial charge in [-0.1, -0.05) is 111 Å². The first kappa shape index (κ1) is 107. The fourth-order valence-electron chi connectivity index (χ4n) is 16.5. The lowest BCUT2D eigenvalue weighted by molar-refractivity contribution is -0.107. The third-order valence-electron chi connectivity index (χ3n) is 24.7. The van der Waals surface area contributed by atoms with Crippen LogP contribution in [-0.2, 0) is 31.8 Å². The van der Waals surface area contributed by atoms with Gasteiger partial charge in [0.2, 0.25) is 0 Å². The van der Waals surface area contributed by atoms with E-state index in [-0.39, 0.29) is 107 Å². The molecular weight excluding hydrogens is 1950 g/mol. The van der Waals surface area contributed by atoms with E-state index in [4.69, 9.17) is 38.6 Å². The summed E-state index contributed by atoms with van der Waals surface area (Å²) >= 11 is 13.0. The molecule has 0 aromatic heterocycles. The maximum Gasteiger partial charge on any atom is 0.272 e. The first-order chi connectivity index (χ1) is 64.2. The molecule has 1 radical (unpaired) electrons. The van der Waals surface area contributed by atoms with Gasteiger partial charge in [0, 0.05) is 67.0 Å². The van der Waals surface area contributed by atoms with Crippen molar-refractivity contribution >= 4 is 120 Å². The standard InChI is InChI=1S/C25H31BrN2O3.C23H26BrNO4.C21H22BrNO4.C17H23NO3.C8H15B2O.C6H5BrO2.C4H9N/c26-24-22(29)11-7-12-23(24)31-18-20-9-3-4-16-28(20)25(30)21-10-2-1-8-19(21)13-17-27-14-5-6-15-27;1-2-28-15-13-17-8-3-4-10-19(17)23(27)25-14-6-5-9-18(25)16-29-21-12-7-11-20(26)22(21)24;22-20-18(25)9-5-10-19(20)27-14-16-7-3-4-12-23(16)21(26)17-8-2-1-6-15(17)11-13-24;1-2-21-12-10-14-7-3-4-9-16(14)17(20)18-11-6-5-8-15(18)13-19;1-6-10-9-7(2,3)8(4,5)11-10;7-6-4(8)2-1-3-5(6)9;1-2-4-5-3-1/h1-2,7-8,10-12,20,29H,3-6,9,13-18H2;3-4,7-8,10-13,15,18,26H,2,5-6,9,14,16H2,1H3;1-2,5-6,8-10,13,16,25H,3-4,7,11-12,14H2;3-4,7,9-10,12,15,19H,2,5-6,8,11,13H2,1H3;6H,1H2,2-5H3;1-3,8-9H;5H,1-4H2/b;15-13+;;12-10+;;;/t20-;18-;16-;15-;;;/m0000.../s1. The number of halogens is 4. The number of carbonyl (C=O) groups is 5. The molecule has 8 aromatic carbocycles. The zero-order valence-electron chi connectivity index (χ0n) is 77.6. The Morgan fingerprint density at radius 3 is 1.16 bits per heavy atom. The molecule has 713 valence electrons. The molecule has 0 spiro atoms. The van der Waals surface area contributed by atoms with Crippen LogP contribution in [0.4, 0.5) is 0 Å². The summed E-state index contributed by atoms with van der Waals surface area (Å²) in [6.45, 7) is 27.4. The first-order valence-electron chi connectivity index (χ1n) is 46.5. The lowest BCUT2D eigenvalue weighted by Crippen LogP contribution is -2.47. The van der Waals surface area contributed by atoms with Crippen molar-refractivity contribution in [3.63, 3.8) is 0 Å². The average Bonchev–Trinajstić information content (AvgIpc) is 1.63. The minimum Gasteiger partial charge on any atom is -0.507 e. The van der Waals surface area contributed by atoms with E-state index in [2.05, 4.69) is 121 Å². The number of piperidine rings is 4. The van der Waals surface area contributed by atoms with Crippen molar-refractivity contribution in [2.45, 2.75) is 192 Å². The second kappa shape index (κ2) is 56.1. The van der Waals surface area contributed by atoms with Gasteiger partial charge in [0.1, 0.15) is 97.2 Å². The molecule has 29 heteroatoms. The molecule has 7 aliphatic rings. The van der Waals surface area contributed by atoms with Crippen molar-refractivity contribution in [2.75, 3.05) is 98.5 Å². The molecule has 0 unspecified atom stereocenters. The Balaban J connectivity index is 0.000000184. The molecule has 4 amide bonds. The van der Waals surface area contributed by atoms with Crippen LogP contribution in [0.15, 0.2) is 213 Å². The van der Waals surface area contributed by atoms with E-state index in [1.54, 1.807) is 78.1 Å². The van der Waals surface area contributed by atoms with Gasteiger partial charge >= 0.3 is 0 Å². The zero-order chi connectivity index (χ0) is 95.7. The molecule has 23 nitrogen and oxygen atoms in total. The van der Waals surface area contributed by atoms with E-state index in [0.717, 1.165) is 131 Å². The fourth-order valence-corrected chi connectivity index (χ4v) is 17.9. The number of aliphatic hydroxyl groups is 1. The number of phenols is 5.